The van der Waals surface area contributed by atoms with Crippen LogP contribution in [0.5, 0.6) is 0 Å². The van der Waals surface area contributed by atoms with Crippen LogP contribution in [0.25, 0.3) is 0 Å². The molecule has 3 N–H and O–H groups in total. The van der Waals surface area contributed by atoms with Gasteiger partial charge in [0, 0.05) is 26.1 Å². The molecule has 25 heavy (non-hydrogen) atoms. The van der Waals surface area contributed by atoms with Gasteiger partial charge >= 0.3 is 0 Å². The molecule has 1 unspecified atom stereocenters. The molecule has 5 nitrogen and oxygen atoms in total. The van der Waals surface area contributed by atoms with E-state index in [1.165, 1.54) is 38.5 Å². The molecule has 3 rings (SSSR count). The van der Waals surface area contributed by atoms with Crippen LogP contribution in [-0.4, -0.2) is 38.0 Å². The van der Waals surface area contributed by atoms with Crippen LogP contribution in [0, 0.1) is 16.2 Å². The number of rotatable bonds is 7. The average molecular weight is 372 g/mol. The molecular formula is C19H34ClN3O2. The summed E-state index contributed by atoms with van der Waals surface area (Å²) in [5.74, 6) is 0.0856. The third-order valence-electron chi connectivity index (χ3n) is 6.73. The highest BCUT2D eigenvalue weighted by Crippen LogP contribution is 2.40. The Balaban J connectivity index is 0.00000225. The predicted octanol–water partition coefficient (Wildman–Crippen LogP) is 2.39. The number of carbonyl (C=O) groups is 2. The van der Waals surface area contributed by atoms with E-state index in [0.29, 0.717) is 13.0 Å². The fourth-order valence-electron chi connectivity index (χ4n) is 4.25. The maximum atomic E-state index is 12.8. The first-order valence-electron chi connectivity index (χ1n) is 9.61. The zero-order valence-corrected chi connectivity index (χ0v) is 16.5. The molecule has 1 saturated heterocycles. The molecule has 0 aromatic rings. The van der Waals surface area contributed by atoms with E-state index in [-0.39, 0.29) is 35.1 Å². The average Bonchev–Trinajstić information content (AvgIpc) is 2.96. The van der Waals surface area contributed by atoms with Gasteiger partial charge in [0.25, 0.3) is 0 Å². The van der Waals surface area contributed by atoms with E-state index < -0.39 is 5.41 Å². The Kier molecular flexibility index (Phi) is 6.42. The van der Waals surface area contributed by atoms with Crippen molar-refractivity contribution in [3.05, 3.63) is 0 Å². The zero-order valence-electron chi connectivity index (χ0n) is 15.7. The van der Waals surface area contributed by atoms with E-state index >= 15 is 0 Å². The van der Waals surface area contributed by atoms with E-state index in [1.807, 2.05) is 0 Å². The minimum atomic E-state index is -0.565. The molecule has 0 bridgehead atoms. The molecule has 0 aromatic carbocycles. The van der Waals surface area contributed by atoms with Crippen LogP contribution in [-0.2, 0) is 9.59 Å². The van der Waals surface area contributed by atoms with Gasteiger partial charge in [0.1, 0.15) is 0 Å². The second-order valence-electron chi connectivity index (χ2n) is 9.17. The number of hydrogen-bond donors (Lipinski definition) is 3. The topological polar surface area (TPSA) is 70.2 Å². The largest absolute Gasteiger partial charge is 0.356 e. The molecule has 3 fully saturated rings. The lowest BCUT2D eigenvalue weighted by molar-refractivity contribution is -0.136. The lowest BCUT2D eigenvalue weighted by Crippen LogP contribution is -2.50. The maximum absolute atomic E-state index is 12.8. The highest BCUT2D eigenvalue weighted by molar-refractivity contribution is 5.89. The Hall–Kier alpha value is -0.810. The number of nitrogens with one attached hydrogen (secondary N) is 3. The van der Waals surface area contributed by atoms with Crippen LogP contribution in [0.2, 0.25) is 0 Å². The van der Waals surface area contributed by atoms with Gasteiger partial charge in [0.2, 0.25) is 11.8 Å². The monoisotopic (exact) mass is 371 g/mol. The first-order chi connectivity index (χ1) is 11.4. The lowest BCUT2D eigenvalue weighted by atomic mass is 9.70. The lowest BCUT2D eigenvalue weighted by Gasteiger charge is -2.40. The standard InChI is InChI=1S/C19H33N3O2.ClH/c1-17(5-3-6-17)12-21-15(23)11-19(9-10-20-14-19)16(24)22-13-18(2)7-4-8-18;/h20H,3-14H2,1-2H3,(H,21,23)(H,22,24);1H. The Bertz CT molecular complexity index is 495. The van der Waals surface area contributed by atoms with E-state index in [1.54, 1.807) is 0 Å². The number of halogens is 1. The number of amides is 2. The van der Waals surface area contributed by atoms with Gasteiger partial charge in [-0.25, -0.2) is 0 Å². The summed E-state index contributed by atoms with van der Waals surface area (Å²) in [6.45, 7) is 7.39. The van der Waals surface area contributed by atoms with Gasteiger partial charge in [-0.15, -0.1) is 12.4 Å². The SMILES string of the molecule is CC1(CNC(=O)CC2(C(=O)NCC3(C)CCC3)CCNC2)CCC1.Cl. The van der Waals surface area contributed by atoms with E-state index in [9.17, 15) is 9.59 Å². The fraction of sp³-hybridized carbons (Fsp3) is 0.895. The summed E-state index contributed by atoms with van der Waals surface area (Å²) in [5.41, 5.74) is -0.0213. The Labute approximate surface area is 157 Å². The Morgan fingerprint density at radius 3 is 1.92 bits per heavy atom. The number of carbonyl (C=O) groups excluding carboxylic acids is 2. The van der Waals surface area contributed by atoms with Gasteiger partial charge in [-0.3, -0.25) is 9.59 Å². The minimum absolute atomic E-state index is 0. The molecule has 3 aliphatic rings. The third kappa shape index (κ3) is 4.68. The molecule has 1 heterocycles. The molecule has 144 valence electrons. The summed E-state index contributed by atoms with van der Waals surface area (Å²) in [7, 11) is 0. The van der Waals surface area contributed by atoms with Crippen LogP contribution >= 0.6 is 12.4 Å². The van der Waals surface area contributed by atoms with Crippen molar-refractivity contribution in [3.63, 3.8) is 0 Å². The molecule has 0 spiro atoms. The van der Waals surface area contributed by atoms with Crippen LogP contribution in [0.3, 0.4) is 0 Å². The van der Waals surface area contributed by atoms with Gasteiger partial charge in [-0.2, -0.15) is 0 Å². The van der Waals surface area contributed by atoms with Crippen molar-refractivity contribution in [1.29, 1.82) is 0 Å². The first kappa shape index (κ1) is 20.5. The zero-order chi connectivity index (χ0) is 17.3. The fourth-order valence-corrected chi connectivity index (χ4v) is 4.25. The normalized spacial score (nSPS) is 28.9. The molecule has 0 aromatic heterocycles. The van der Waals surface area contributed by atoms with Crippen molar-refractivity contribution in [2.45, 2.75) is 65.2 Å². The van der Waals surface area contributed by atoms with E-state index in [4.69, 9.17) is 0 Å². The molecule has 2 aliphatic carbocycles. The van der Waals surface area contributed by atoms with Crippen molar-refractivity contribution in [1.82, 2.24) is 16.0 Å². The summed E-state index contributed by atoms with van der Waals surface area (Å²) in [4.78, 5) is 25.3. The highest BCUT2D eigenvalue weighted by Gasteiger charge is 2.44. The third-order valence-corrected chi connectivity index (χ3v) is 6.73. The quantitative estimate of drug-likeness (QED) is 0.643. The van der Waals surface area contributed by atoms with Gasteiger partial charge in [-0.05, 0) is 49.5 Å². The minimum Gasteiger partial charge on any atom is -0.356 e. The molecule has 6 heteroatoms. The molecule has 0 radical (unpaired) electrons. The first-order valence-corrected chi connectivity index (χ1v) is 9.61. The van der Waals surface area contributed by atoms with E-state index in [0.717, 1.165) is 26.1 Å². The van der Waals surface area contributed by atoms with Crippen LogP contribution in [0.15, 0.2) is 0 Å². The van der Waals surface area contributed by atoms with Crippen molar-refractivity contribution in [3.8, 4) is 0 Å². The molecule has 1 atom stereocenters. The van der Waals surface area contributed by atoms with Gasteiger partial charge in [0.15, 0.2) is 0 Å². The molecule has 2 amide bonds. The summed E-state index contributed by atoms with van der Waals surface area (Å²) in [6, 6.07) is 0. The highest BCUT2D eigenvalue weighted by atomic mass is 35.5. The van der Waals surface area contributed by atoms with Crippen LogP contribution < -0.4 is 16.0 Å². The second kappa shape index (κ2) is 7.83. The van der Waals surface area contributed by atoms with Gasteiger partial charge < -0.3 is 16.0 Å². The van der Waals surface area contributed by atoms with Crippen molar-refractivity contribution < 1.29 is 9.59 Å². The van der Waals surface area contributed by atoms with Gasteiger partial charge in [-0.1, -0.05) is 26.7 Å². The molecule has 1 aliphatic heterocycles. The van der Waals surface area contributed by atoms with Crippen LogP contribution in [0.4, 0.5) is 0 Å². The maximum Gasteiger partial charge on any atom is 0.228 e. The molecule has 2 saturated carbocycles. The van der Waals surface area contributed by atoms with E-state index in [2.05, 4.69) is 29.8 Å². The Morgan fingerprint density at radius 1 is 0.920 bits per heavy atom. The van der Waals surface area contributed by atoms with Crippen LogP contribution in [0.1, 0.15) is 65.2 Å². The van der Waals surface area contributed by atoms with Crippen molar-refractivity contribution in [2.24, 2.45) is 16.2 Å². The molecular weight excluding hydrogens is 338 g/mol. The summed E-state index contributed by atoms with van der Waals surface area (Å²) in [5, 5.41) is 9.51. The smallest absolute Gasteiger partial charge is 0.228 e. The summed E-state index contributed by atoms with van der Waals surface area (Å²) in [6.07, 6.45) is 8.35. The second-order valence-corrected chi connectivity index (χ2v) is 9.17. The van der Waals surface area contributed by atoms with Crippen molar-refractivity contribution >= 4 is 24.2 Å². The Morgan fingerprint density at radius 2 is 1.48 bits per heavy atom. The van der Waals surface area contributed by atoms with Gasteiger partial charge in [0.05, 0.1) is 5.41 Å². The predicted molar refractivity (Wildman–Crippen MR) is 102 cm³/mol. The summed E-state index contributed by atoms with van der Waals surface area (Å²) >= 11 is 0. The van der Waals surface area contributed by atoms with Crippen molar-refractivity contribution in [2.75, 3.05) is 26.2 Å². The number of hydrogen-bond acceptors (Lipinski definition) is 3. The summed E-state index contributed by atoms with van der Waals surface area (Å²) < 4.78 is 0.